The molecule has 1 N–H and O–H groups in total. The predicted octanol–water partition coefficient (Wildman–Crippen LogP) is 5.53. The average molecular weight is 551 g/mol. The number of unbranched alkanes of at least 4 members (excludes halogenated alkanes) is 1. The van der Waals surface area contributed by atoms with Crippen LogP contribution >= 0.6 is 23.2 Å². The van der Waals surface area contributed by atoms with Crippen molar-refractivity contribution >= 4 is 56.0 Å². The molecule has 7 nitrogen and oxygen atoms in total. The second-order valence-electron chi connectivity index (χ2n) is 6.35. The summed E-state index contributed by atoms with van der Waals surface area (Å²) in [5, 5.41) is 0.890. The van der Waals surface area contributed by atoms with Crippen LogP contribution in [-0.4, -0.2) is 35.4 Å². The van der Waals surface area contributed by atoms with Gasteiger partial charge in [0.25, 0.3) is 10.1 Å². The normalized spacial score (nSPS) is 11.2. The number of carbonyl (C=O) groups is 1. The first-order valence-corrected chi connectivity index (χ1v) is 13.7. The molecule has 0 radical (unpaired) electrons. The third-order valence-corrected chi connectivity index (χ3v) is 6.72. The molecule has 0 saturated carbocycles. The fraction of sp³-hybridized carbons (Fsp3) is 0.348. The van der Waals surface area contributed by atoms with E-state index in [0.717, 1.165) is 0 Å². The molecule has 2 aromatic rings. The Labute approximate surface area is 214 Å². The number of benzene rings is 2. The average Bonchev–Trinajstić information content (AvgIpc) is 2.80. The number of rotatable bonds is 10. The quantitative estimate of drug-likeness (QED) is 0.181. The lowest BCUT2D eigenvalue weighted by Crippen LogP contribution is -2.28. The molecule has 2 rings (SSSR count). The Balaban J connectivity index is 0.00000258. The third-order valence-electron chi connectivity index (χ3n) is 3.98. The number of terminal acetylenes is 1. The fourth-order valence-corrected chi connectivity index (χ4v) is 4.71. The number of anilines is 1. The van der Waals surface area contributed by atoms with Crippen LogP contribution in [0.4, 0.5) is 5.69 Å². The second kappa shape index (κ2) is 16.5. The van der Waals surface area contributed by atoms with Crippen LogP contribution in [0.15, 0.2) is 47.4 Å². The number of ether oxygens (including phenoxy) is 1. The summed E-state index contributed by atoms with van der Waals surface area (Å²) < 4.78 is 50.9. The Bertz CT molecular complexity index is 1060. The molecule has 1 unspecified atom stereocenters. The van der Waals surface area contributed by atoms with Gasteiger partial charge in [0, 0.05) is 29.1 Å². The fourth-order valence-electron chi connectivity index (χ4n) is 2.58. The zero-order chi connectivity index (χ0) is 26.3. The molecule has 0 bridgehead atoms. The highest BCUT2D eigenvalue weighted by Crippen LogP contribution is 2.30. The minimum atomic E-state index is -4.08. The van der Waals surface area contributed by atoms with E-state index >= 15 is 0 Å². The molecule has 34 heavy (non-hydrogen) atoms. The zero-order valence-electron chi connectivity index (χ0n) is 19.2. The number of carbonyl (C=O) groups excluding carboxylic acids is 1. The van der Waals surface area contributed by atoms with Gasteiger partial charge in [-0.05, 0) is 49.2 Å². The van der Waals surface area contributed by atoms with E-state index in [4.69, 9.17) is 32.5 Å². The summed E-state index contributed by atoms with van der Waals surface area (Å²) in [6.07, 6.45) is 8.51. The van der Waals surface area contributed by atoms with Crippen molar-refractivity contribution in [3.8, 4) is 12.8 Å². The van der Waals surface area contributed by atoms with Crippen LogP contribution in [0.2, 0.25) is 10.0 Å². The molecule has 0 aliphatic carbocycles. The molecule has 1 atom stereocenters. The zero-order valence-corrected chi connectivity index (χ0v) is 22.4. The molecule has 0 amide bonds. The van der Waals surface area contributed by atoms with Crippen molar-refractivity contribution in [3.63, 3.8) is 0 Å². The van der Waals surface area contributed by atoms with Gasteiger partial charge < -0.3 is 4.74 Å². The number of nitrogens with zero attached hydrogens (tertiary/aromatic N) is 1. The second-order valence-corrected chi connectivity index (χ2v) is 10.2. The van der Waals surface area contributed by atoms with Gasteiger partial charge in [-0.1, -0.05) is 43.1 Å². The summed E-state index contributed by atoms with van der Waals surface area (Å²) >= 11 is 12.1. The van der Waals surface area contributed by atoms with Gasteiger partial charge in [-0.25, -0.2) is 4.21 Å². The molecule has 2 aromatic carbocycles. The minimum Gasteiger partial charge on any atom is -0.461 e. The van der Waals surface area contributed by atoms with Crippen LogP contribution < -0.4 is 4.31 Å². The van der Waals surface area contributed by atoms with Crippen molar-refractivity contribution in [1.29, 1.82) is 0 Å². The van der Waals surface area contributed by atoms with E-state index in [9.17, 15) is 17.4 Å². The van der Waals surface area contributed by atoms with Gasteiger partial charge in [0.15, 0.2) is 11.0 Å². The van der Waals surface area contributed by atoms with Crippen LogP contribution in [0.5, 0.6) is 0 Å². The highest BCUT2D eigenvalue weighted by molar-refractivity contribution is 7.86. The Kier molecular flexibility index (Phi) is 15.5. The lowest BCUT2D eigenvalue weighted by atomic mass is 10.2. The first kappa shape index (κ1) is 31.9. The van der Waals surface area contributed by atoms with Crippen LogP contribution in [0.1, 0.15) is 39.2 Å². The first-order valence-electron chi connectivity index (χ1n) is 10.2. The van der Waals surface area contributed by atoms with Gasteiger partial charge in [-0.3, -0.25) is 13.7 Å². The number of esters is 1. The standard InChI is InChI=1S/C19H21Cl2NO6S2.C2H6.C2H2/c1-14(23)28-13-15-4-5-17(21)12-19(15)22(10-2-3-11-30(25,26)27)29(24)18-8-6-16(20)7-9-18;2*1-2/h4-9,12H,2-3,10-11,13H2,1H3,(H,25,26,27);1-2H3;1-2H. The maximum absolute atomic E-state index is 13.3. The largest absolute Gasteiger partial charge is 0.461 e. The van der Waals surface area contributed by atoms with Gasteiger partial charge >= 0.3 is 5.97 Å². The van der Waals surface area contributed by atoms with Crippen molar-refractivity contribution in [2.75, 3.05) is 16.6 Å². The van der Waals surface area contributed by atoms with Crippen LogP contribution in [0.25, 0.3) is 0 Å². The van der Waals surface area contributed by atoms with E-state index in [1.807, 2.05) is 13.8 Å². The van der Waals surface area contributed by atoms with Crippen LogP contribution in [0, 0.1) is 12.8 Å². The molecular formula is C23H29Cl2NO6S2. The predicted molar refractivity (Wildman–Crippen MR) is 139 cm³/mol. The van der Waals surface area contributed by atoms with Crippen LogP contribution in [-0.2, 0) is 37.2 Å². The summed E-state index contributed by atoms with van der Waals surface area (Å²) in [7, 11) is -5.76. The first-order chi connectivity index (χ1) is 16.1. The molecule has 0 saturated heterocycles. The van der Waals surface area contributed by atoms with Crippen molar-refractivity contribution in [1.82, 2.24) is 0 Å². The van der Waals surface area contributed by atoms with Crippen molar-refractivity contribution < 1.29 is 26.7 Å². The molecule has 0 fully saturated rings. The lowest BCUT2D eigenvalue weighted by molar-refractivity contribution is -0.142. The summed E-state index contributed by atoms with van der Waals surface area (Å²) in [6, 6.07) is 11.4. The third kappa shape index (κ3) is 11.9. The Hall–Kier alpha value is -2.09. The number of hydrogen-bond acceptors (Lipinski definition) is 5. The smallest absolute Gasteiger partial charge is 0.302 e. The maximum Gasteiger partial charge on any atom is 0.302 e. The molecule has 188 valence electrons. The monoisotopic (exact) mass is 549 g/mol. The van der Waals surface area contributed by atoms with E-state index in [1.165, 1.54) is 6.92 Å². The Morgan fingerprint density at radius 2 is 1.62 bits per heavy atom. The van der Waals surface area contributed by atoms with Crippen molar-refractivity contribution in [3.05, 3.63) is 58.1 Å². The van der Waals surface area contributed by atoms with E-state index in [2.05, 4.69) is 12.8 Å². The molecule has 0 spiro atoms. The SMILES string of the molecule is C#C.CC.CC(=O)OCc1ccc(Cl)cc1N(CCCCS(=O)(=O)O)S(=O)c1ccc(Cl)cc1. The van der Waals surface area contributed by atoms with Crippen molar-refractivity contribution in [2.24, 2.45) is 0 Å². The van der Waals surface area contributed by atoms with Gasteiger partial charge in [0.1, 0.15) is 6.61 Å². The van der Waals surface area contributed by atoms with E-state index in [1.54, 1.807) is 46.8 Å². The highest BCUT2D eigenvalue weighted by atomic mass is 35.5. The molecule has 0 heterocycles. The Morgan fingerprint density at radius 1 is 1.06 bits per heavy atom. The van der Waals surface area contributed by atoms with E-state index < -0.39 is 32.8 Å². The van der Waals surface area contributed by atoms with E-state index in [0.29, 0.717) is 32.6 Å². The number of hydrogen-bond donors (Lipinski definition) is 1. The number of halogens is 2. The molecule has 0 aromatic heterocycles. The topological polar surface area (TPSA) is 101 Å². The Morgan fingerprint density at radius 3 is 2.15 bits per heavy atom. The van der Waals surface area contributed by atoms with Crippen LogP contribution in [0.3, 0.4) is 0 Å². The molecule has 0 aliphatic heterocycles. The summed E-state index contributed by atoms with van der Waals surface area (Å²) in [5.41, 5.74) is 1.08. The van der Waals surface area contributed by atoms with Gasteiger partial charge in [0.05, 0.1) is 16.3 Å². The van der Waals surface area contributed by atoms with Crippen molar-refractivity contribution in [2.45, 2.75) is 45.1 Å². The summed E-state index contributed by atoms with van der Waals surface area (Å²) in [5.74, 6) is -0.862. The maximum atomic E-state index is 13.3. The minimum absolute atomic E-state index is 0.0405. The van der Waals surface area contributed by atoms with Gasteiger partial charge in [0.2, 0.25) is 0 Å². The van der Waals surface area contributed by atoms with Gasteiger partial charge in [-0.15, -0.1) is 12.8 Å². The van der Waals surface area contributed by atoms with E-state index in [-0.39, 0.29) is 19.6 Å². The van der Waals surface area contributed by atoms with Gasteiger partial charge in [-0.2, -0.15) is 8.42 Å². The molecule has 11 heteroatoms. The highest BCUT2D eigenvalue weighted by Gasteiger charge is 2.20. The molecular weight excluding hydrogens is 521 g/mol. The summed E-state index contributed by atoms with van der Waals surface area (Å²) in [6.45, 7) is 5.45. The lowest BCUT2D eigenvalue weighted by Gasteiger charge is -2.26. The molecule has 0 aliphatic rings. The summed E-state index contributed by atoms with van der Waals surface area (Å²) in [4.78, 5) is 11.7.